The van der Waals surface area contributed by atoms with Crippen molar-refractivity contribution in [2.45, 2.75) is 33.2 Å². The van der Waals surface area contributed by atoms with Crippen molar-refractivity contribution in [1.29, 1.82) is 0 Å². The molecular formula is C10H20N2O2. The van der Waals surface area contributed by atoms with Crippen molar-refractivity contribution in [2.75, 3.05) is 19.8 Å². The average Bonchev–Trinajstić information content (AvgIpc) is 2.43. The van der Waals surface area contributed by atoms with Crippen LogP contribution in [0.3, 0.4) is 0 Å². The van der Waals surface area contributed by atoms with E-state index in [0.717, 1.165) is 13.0 Å². The van der Waals surface area contributed by atoms with Gasteiger partial charge in [0.2, 0.25) is 0 Å². The van der Waals surface area contributed by atoms with Crippen molar-refractivity contribution in [1.82, 2.24) is 10.6 Å². The second-order valence-corrected chi connectivity index (χ2v) is 4.46. The van der Waals surface area contributed by atoms with Gasteiger partial charge in [-0.05, 0) is 6.42 Å². The van der Waals surface area contributed by atoms with E-state index in [2.05, 4.69) is 24.5 Å². The number of carbonyl (C=O) groups excluding carboxylic acids is 1. The molecule has 0 saturated carbocycles. The zero-order valence-electron chi connectivity index (χ0n) is 9.22. The van der Waals surface area contributed by atoms with E-state index >= 15 is 0 Å². The molecule has 2 N–H and O–H groups in total. The largest absolute Gasteiger partial charge is 0.379 e. The minimum atomic E-state index is -0.0876. The van der Waals surface area contributed by atoms with Crippen LogP contribution in [0.1, 0.15) is 27.2 Å². The van der Waals surface area contributed by atoms with Crippen LogP contribution in [0.15, 0.2) is 0 Å². The molecule has 0 radical (unpaired) electrons. The lowest BCUT2D eigenvalue weighted by Crippen LogP contribution is -2.48. The van der Waals surface area contributed by atoms with Crippen LogP contribution in [0.2, 0.25) is 0 Å². The number of hydrogen-bond donors (Lipinski definition) is 2. The van der Waals surface area contributed by atoms with Crippen LogP contribution in [0.5, 0.6) is 0 Å². The van der Waals surface area contributed by atoms with Gasteiger partial charge in [0.15, 0.2) is 0 Å². The molecule has 0 aromatic heterocycles. The van der Waals surface area contributed by atoms with Crippen LogP contribution in [0.25, 0.3) is 0 Å². The first-order valence-electron chi connectivity index (χ1n) is 5.18. The molecule has 0 spiro atoms. The van der Waals surface area contributed by atoms with Gasteiger partial charge >= 0.3 is 6.03 Å². The predicted octanol–water partition coefficient (Wildman–Crippen LogP) is 1.12. The molecule has 1 heterocycles. The number of nitrogens with one attached hydrogen (secondary N) is 2. The summed E-state index contributed by atoms with van der Waals surface area (Å²) in [5.74, 6) is 0. The van der Waals surface area contributed by atoms with Crippen molar-refractivity contribution in [3.8, 4) is 0 Å². The first kappa shape index (κ1) is 11.3. The summed E-state index contributed by atoms with van der Waals surface area (Å²) in [6, 6.07) is 0.0368. The van der Waals surface area contributed by atoms with Gasteiger partial charge < -0.3 is 15.4 Å². The Morgan fingerprint density at radius 1 is 1.57 bits per heavy atom. The van der Waals surface area contributed by atoms with E-state index in [9.17, 15) is 4.79 Å². The van der Waals surface area contributed by atoms with Gasteiger partial charge in [0, 0.05) is 12.0 Å². The van der Waals surface area contributed by atoms with Crippen LogP contribution in [-0.2, 0) is 4.74 Å². The molecule has 2 amide bonds. The van der Waals surface area contributed by atoms with Crippen LogP contribution in [0.4, 0.5) is 4.79 Å². The number of carbonyl (C=O) groups is 1. The molecule has 0 bridgehead atoms. The van der Waals surface area contributed by atoms with Crippen molar-refractivity contribution >= 4 is 6.03 Å². The highest BCUT2D eigenvalue weighted by Crippen LogP contribution is 2.26. The van der Waals surface area contributed by atoms with Gasteiger partial charge in [-0.25, -0.2) is 4.79 Å². The highest BCUT2D eigenvalue weighted by Gasteiger charge is 2.36. The van der Waals surface area contributed by atoms with Crippen LogP contribution >= 0.6 is 0 Å². The molecule has 1 aliphatic rings. The maximum atomic E-state index is 11.4. The minimum absolute atomic E-state index is 0.0452. The predicted molar refractivity (Wildman–Crippen MR) is 55.2 cm³/mol. The van der Waals surface area contributed by atoms with Crippen molar-refractivity contribution < 1.29 is 9.53 Å². The standard InChI is InChI=1S/C10H20N2O2/c1-4-5-11-9(13)12-8-6-14-7-10(8,2)3/h8H,4-7H2,1-3H3,(H2,11,12,13). The molecule has 1 rings (SSSR count). The molecule has 1 saturated heterocycles. The number of rotatable bonds is 3. The molecule has 0 aromatic carbocycles. The third-order valence-electron chi connectivity index (χ3n) is 2.54. The molecule has 82 valence electrons. The zero-order chi connectivity index (χ0) is 10.6. The Bertz CT molecular complexity index is 204. The fraction of sp³-hybridized carbons (Fsp3) is 0.900. The van der Waals surface area contributed by atoms with Gasteiger partial charge in [-0.3, -0.25) is 0 Å². The number of ether oxygens (including phenoxy) is 1. The zero-order valence-corrected chi connectivity index (χ0v) is 9.22. The van der Waals surface area contributed by atoms with E-state index in [1.807, 2.05) is 6.92 Å². The summed E-state index contributed by atoms with van der Waals surface area (Å²) in [6.07, 6.45) is 0.956. The minimum Gasteiger partial charge on any atom is -0.379 e. The van der Waals surface area contributed by atoms with Gasteiger partial charge in [-0.1, -0.05) is 20.8 Å². The molecule has 4 heteroatoms. The SMILES string of the molecule is CCCNC(=O)NC1COCC1(C)C. The Labute approximate surface area is 85.4 Å². The summed E-state index contributed by atoms with van der Waals surface area (Å²) >= 11 is 0. The number of hydrogen-bond acceptors (Lipinski definition) is 2. The molecule has 1 atom stereocenters. The Kier molecular flexibility index (Phi) is 3.75. The van der Waals surface area contributed by atoms with E-state index in [-0.39, 0.29) is 17.5 Å². The summed E-state index contributed by atoms with van der Waals surface area (Å²) in [4.78, 5) is 11.4. The van der Waals surface area contributed by atoms with E-state index in [4.69, 9.17) is 4.74 Å². The molecule has 4 nitrogen and oxygen atoms in total. The smallest absolute Gasteiger partial charge is 0.315 e. The monoisotopic (exact) mass is 200 g/mol. The highest BCUT2D eigenvalue weighted by atomic mass is 16.5. The number of urea groups is 1. The van der Waals surface area contributed by atoms with Crippen molar-refractivity contribution in [3.05, 3.63) is 0 Å². The van der Waals surface area contributed by atoms with E-state index in [0.29, 0.717) is 13.2 Å². The summed E-state index contributed by atoms with van der Waals surface area (Å²) < 4.78 is 5.34. The maximum absolute atomic E-state index is 11.4. The Morgan fingerprint density at radius 3 is 2.79 bits per heavy atom. The normalized spacial score (nSPS) is 24.6. The van der Waals surface area contributed by atoms with E-state index in [1.54, 1.807) is 0 Å². The second-order valence-electron chi connectivity index (χ2n) is 4.46. The van der Waals surface area contributed by atoms with Gasteiger partial charge in [0.05, 0.1) is 19.3 Å². The molecule has 1 aliphatic heterocycles. The summed E-state index contributed by atoms with van der Waals surface area (Å²) in [7, 11) is 0. The van der Waals surface area contributed by atoms with E-state index < -0.39 is 0 Å². The van der Waals surface area contributed by atoms with E-state index in [1.165, 1.54) is 0 Å². The van der Waals surface area contributed by atoms with Crippen molar-refractivity contribution in [2.24, 2.45) is 5.41 Å². The van der Waals surface area contributed by atoms with Gasteiger partial charge in [0.25, 0.3) is 0 Å². The Morgan fingerprint density at radius 2 is 2.29 bits per heavy atom. The third kappa shape index (κ3) is 2.87. The van der Waals surface area contributed by atoms with Gasteiger partial charge in [0.1, 0.15) is 0 Å². The lowest BCUT2D eigenvalue weighted by atomic mass is 9.88. The molecule has 14 heavy (non-hydrogen) atoms. The topological polar surface area (TPSA) is 50.4 Å². The fourth-order valence-electron chi connectivity index (χ4n) is 1.45. The third-order valence-corrected chi connectivity index (χ3v) is 2.54. The van der Waals surface area contributed by atoms with Gasteiger partial charge in [-0.2, -0.15) is 0 Å². The highest BCUT2D eigenvalue weighted by molar-refractivity contribution is 5.74. The lowest BCUT2D eigenvalue weighted by Gasteiger charge is -2.25. The van der Waals surface area contributed by atoms with Gasteiger partial charge in [-0.15, -0.1) is 0 Å². The quantitative estimate of drug-likeness (QED) is 0.717. The molecule has 0 aromatic rings. The Hall–Kier alpha value is -0.770. The fourth-order valence-corrected chi connectivity index (χ4v) is 1.45. The number of amides is 2. The molecular weight excluding hydrogens is 180 g/mol. The molecule has 0 aliphatic carbocycles. The summed E-state index contributed by atoms with van der Waals surface area (Å²) in [5, 5.41) is 5.72. The van der Waals surface area contributed by atoms with Crippen LogP contribution < -0.4 is 10.6 Å². The maximum Gasteiger partial charge on any atom is 0.315 e. The van der Waals surface area contributed by atoms with Crippen LogP contribution in [0, 0.1) is 5.41 Å². The first-order chi connectivity index (χ1) is 6.56. The van der Waals surface area contributed by atoms with Crippen molar-refractivity contribution in [3.63, 3.8) is 0 Å². The summed E-state index contributed by atoms with van der Waals surface area (Å²) in [5.41, 5.74) is 0.0452. The Balaban J connectivity index is 2.33. The lowest BCUT2D eigenvalue weighted by molar-refractivity contribution is 0.166. The summed E-state index contributed by atoms with van der Waals surface area (Å²) in [6.45, 7) is 8.29. The average molecular weight is 200 g/mol. The second kappa shape index (κ2) is 4.64. The molecule has 1 fully saturated rings. The molecule has 1 unspecified atom stereocenters. The first-order valence-corrected chi connectivity index (χ1v) is 5.18. The van der Waals surface area contributed by atoms with Crippen LogP contribution in [-0.4, -0.2) is 31.8 Å².